The fourth-order valence-electron chi connectivity index (χ4n) is 2.42. The zero-order chi connectivity index (χ0) is 15.0. The molecule has 1 aromatic heterocycles. The molecule has 0 spiro atoms. The Bertz CT molecular complexity index is 771. The van der Waals surface area contributed by atoms with E-state index in [1.54, 1.807) is 24.3 Å². The third-order valence-electron chi connectivity index (χ3n) is 3.88. The molecule has 3 rings (SSSR count). The monoisotopic (exact) mass is 301 g/mol. The van der Waals surface area contributed by atoms with E-state index in [4.69, 9.17) is 0 Å². The molecule has 22 heavy (non-hydrogen) atoms. The van der Waals surface area contributed by atoms with E-state index in [1.807, 2.05) is 0 Å². The van der Waals surface area contributed by atoms with Gasteiger partial charge in [0.15, 0.2) is 0 Å². The molecule has 0 saturated carbocycles. The van der Waals surface area contributed by atoms with Crippen LogP contribution in [0.25, 0.3) is 22.5 Å². The maximum absolute atomic E-state index is 11.2. The summed E-state index contributed by atoms with van der Waals surface area (Å²) in [5.74, 6) is -0.00850. The summed E-state index contributed by atoms with van der Waals surface area (Å²) in [6.45, 7) is 6.31. The summed E-state index contributed by atoms with van der Waals surface area (Å²) in [5, 5.41) is 22.4. The molecule has 1 heterocycles. The second-order valence-corrected chi connectivity index (χ2v) is 5.28. The van der Waals surface area contributed by atoms with Crippen LogP contribution in [0.3, 0.4) is 0 Å². The normalized spacial score (nSPS) is 10.3. The van der Waals surface area contributed by atoms with Gasteiger partial charge in [-0.1, -0.05) is 24.3 Å². The van der Waals surface area contributed by atoms with Crippen molar-refractivity contribution in [2.75, 3.05) is 0 Å². The summed E-state index contributed by atoms with van der Waals surface area (Å²) >= 11 is 0. The van der Waals surface area contributed by atoms with Crippen LogP contribution in [0.5, 0.6) is 5.75 Å². The van der Waals surface area contributed by atoms with Gasteiger partial charge in [0.05, 0.1) is 0 Å². The van der Waals surface area contributed by atoms with Crippen LogP contribution in [-0.4, -0.2) is 15.4 Å². The maximum atomic E-state index is 11.2. The Morgan fingerprint density at radius 2 is 1.32 bits per heavy atom. The first kappa shape index (κ1) is 16.7. The molecule has 0 aliphatic heterocycles. The number of aromatic amines is 1. The Hall–Kier alpha value is -1.62. The number of nitrogens with zero attached hydrogens (tertiary/aromatic N) is 2. The van der Waals surface area contributed by atoms with Gasteiger partial charge in [-0.3, -0.25) is 0 Å². The Morgan fingerprint density at radius 3 is 1.86 bits per heavy atom. The first-order valence-electron chi connectivity index (χ1n) is 6.82. The molecule has 2 aromatic carbocycles. The van der Waals surface area contributed by atoms with Gasteiger partial charge in [0.2, 0.25) is 0 Å². The van der Waals surface area contributed by atoms with Crippen molar-refractivity contribution < 1.29 is 34.7 Å². The number of H-pyrrole nitrogens is 1. The summed E-state index contributed by atoms with van der Waals surface area (Å²) in [6.07, 6.45) is 0. The molecule has 0 aliphatic rings. The van der Waals surface area contributed by atoms with E-state index in [9.17, 15) is 5.11 Å². The van der Waals surface area contributed by atoms with Crippen LogP contribution < -0.4 is 34.7 Å². The van der Waals surface area contributed by atoms with Gasteiger partial charge < -0.3 is 5.11 Å². The molecule has 5 heteroatoms. The van der Waals surface area contributed by atoms with Crippen molar-refractivity contribution in [1.29, 1.82) is 0 Å². The van der Waals surface area contributed by atoms with E-state index < -0.39 is 0 Å². The molecule has 0 unspecified atom stereocenters. The minimum absolute atomic E-state index is 0. The van der Waals surface area contributed by atoms with Gasteiger partial charge in [-0.2, -0.15) is 15.4 Å². The number of rotatable bonds is 2. The summed E-state index contributed by atoms with van der Waals surface area (Å²) in [7, 11) is 0. The van der Waals surface area contributed by atoms with E-state index in [1.165, 1.54) is 16.7 Å². The number of benzene rings is 2. The Kier molecular flexibility index (Phi) is 5.06. The molecule has 0 radical (unpaired) electrons. The van der Waals surface area contributed by atoms with Crippen molar-refractivity contribution in [2.45, 2.75) is 20.8 Å². The van der Waals surface area contributed by atoms with Gasteiger partial charge in [0, 0.05) is 11.1 Å². The number of nitrogens with one attached hydrogen (secondary N) is 1. The molecular formula is C17H16N3NaO. The van der Waals surface area contributed by atoms with Gasteiger partial charge in [-0.15, -0.1) is 5.75 Å². The van der Waals surface area contributed by atoms with Crippen molar-refractivity contribution in [3.05, 3.63) is 53.1 Å². The summed E-state index contributed by atoms with van der Waals surface area (Å²) in [5.41, 5.74) is 7.24. The van der Waals surface area contributed by atoms with Crippen LogP contribution in [-0.2, 0) is 0 Å². The van der Waals surface area contributed by atoms with Gasteiger partial charge >= 0.3 is 29.6 Å². The zero-order valence-electron chi connectivity index (χ0n) is 13.3. The topological polar surface area (TPSA) is 64.6 Å². The number of hydrogen-bond donors (Lipinski definition) is 1. The maximum Gasteiger partial charge on any atom is 1.00 e. The van der Waals surface area contributed by atoms with Gasteiger partial charge in [-0.25, -0.2) is 0 Å². The fourth-order valence-corrected chi connectivity index (χ4v) is 2.42. The van der Waals surface area contributed by atoms with Crippen molar-refractivity contribution in [3.63, 3.8) is 0 Å². The van der Waals surface area contributed by atoms with E-state index in [2.05, 4.69) is 48.3 Å². The minimum Gasteiger partial charge on any atom is -0.872 e. The second-order valence-electron chi connectivity index (χ2n) is 5.28. The van der Waals surface area contributed by atoms with Gasteiger partial charge in [0.1, 0.15) is 11.4 Å². The average molecular weight is 301 g/mol. The van der Waals surface area contributed by atoms with E-state index >= 15 is 0 Å². The third kappa shape index (κ3) is 3.09. The van der Waals surface area contributed by atoms with Crippen LogP contribution in [0.4, 0.5) is 0 Å². The molecule has 0 atom stereocenters. The van der Waals surface area contributed by atoms with Gasteiger partial charge in [0.25, 0.3) is 0 Å². The van der Waals surface area contributed by atoms with Crippen molar-refractivity contribution in [2.24, 2.45) is 0 Å². The zero-order valence-corrected chi connectivity index (χ0v) is 15.3. The molecule has 0 aliphatic carbocycles. The van der Waals surface area contributed by atoms with E-state index in [-0.39, 0.29) is 35.3 Å². The Morgan fingerprint density at radius 1 is 0.818 bits per heavy atom. The Labute approximate surface area is 151 Å². The summed E-state index contributed by atoms with van der Waals surface area (Å²) in [6, 6.07) is 10.9. The van der Waals surface area contributed by atoms with Gasteiger partial charge in [-0.05, 0) is 49.6 Å². The molecule has 0 bridgehead atoms. The predicted molar refractivity (Wildman–Crippen MR) is 80.9 cm³/mol. The standard InChI is InChI=1S/C17H17N3O.Na/c1-10-8-14(9-11(2)12(10)3)17-16(18-20-19-17)13-4-6-15(21)7-5-13;/h4-9,21H,1-3H3,(H,18,19,20);/q;+1/p-1. The molecule has 0 amide bonds. The molecule has 106 valence electrons. The molecule has 1 N–H and O–H groups in total. The first-order chi connectivity index (χ1) is 10.1. The van der Waals surface area contributed by atoms with Crippen LogP contribution in [0.15, 0.2) is 36.4 Å². The summed E-state index contributed by atoms with van der Waals surface area (Å²) in [4.78, 5) is 0. The fraction of sp³-hybridized carbons (Fsp3) is 0.176. The van der Waals surface area contributed by atoms with E-state index in [0.29, 0.717) is 0 Å². The molecule has 4 nitrogen and oxygen atoms in total. The average Bonchev–Trinajstić information content (AvgIpc) is 2.94. The van der Waals surface area contributed by atoms with Crippen molar-refractivity contribution >= 4 is 0 Å². The molecule has 0 saturated heterocycles. The quantitative estimate of drug-likeness (QED) is 0.685. The summed E-state index contributed by atoms with van der Waals surface area (Å²) < 4.78 is 0. The van der Waals surface area contributed by atoms with Crippen molar-refractivity contribution in [1.82, 2.24) is 15.4 Å². The van der Waals surface area contributed by atoms with E-state index in [0.717, 1.165) is 22.5 Å². The molecular weight excluding hydrogens is 285 g/mol. The largest absolute Gasteiger partial charge is 1.00 e. The SMILES string of the molecule is Cc1cc(-c2n[nH]nc2-c2ccc([O-])cc2)cc(C)c1C.[Na+]. The Balaban J connectivity index is 0.00000176. The van der Waals surface area contributed by atoms with Crippen LogP contribution in [0, 0.1) is 20.8 Å². The molecule has 3 aromatic rings. The first-order valence-corrected chi connectivity index (χ1v) is 6.82. The van der Waals surface area contributed by atoms with Crippen LogP contribution >= 0.6 is 0 Å². The van der Waals surface area contributed by atoms with Crippen LogP contribution in [0.1, 0.15) is 16.7 Å². The number of hydrogen-bond acceptors (Lipinski definition) is 3. The third-order valence-corrected chi connectivity index (χ3v) is 3.88. The van der Waals surface area contributed by atoms with Crippen molar-refractivity contribution in [3.8, 4) is 28.3 Å². The minimum atomic E-state index is -0.00850. The van der Waals surface area contributed by atoms with Crippen LogP contribution in [0.2, 0.25) is 0 Å². The number of aryl methyl sites for hydroxylation is 2. The molecule has 0 fully saturated rings. The smallest absolute Gasteiger partial charge is 0.872 e. The predicted octanol–water partition coefficient (Wildman–Crippen LogP) is 0.142. The second kappa shape index (κ2) is 6.65. The number of aromatic nitrogens is 3.